The maximum atomic E-state index is 8.56. The Balaban J connectivity index is 2.07. The molecule has 0 aromatic carbocycles. The van der Waals surface area contributed by atoms with Crippen molar-refractivity contribution >= 4 is 39.5 Å². The molecule has 0 unspecified atom stereocenters. The van der Waals surface area contributed by atoms with Crippen molar-refractivity contribution in [2.45, 2.75) is 6.54 Å². The first-order valence-corrected chi connectivity index (χ1v) is 6.81. The molecule has 16 heavy (non-hydrogen) atoms. The zero-order chi connectivity index (χ0) is 11.4. The molecule has 6 heteroatoms. The van der Waals surface area contributed by atoms with E-state index in [1.54, 1.807) is 11.8 Å². The number of nitriles is 1. The van der Waals surface area contributed by atoms with Gasteiger partial charge in [-0.2, -0.15) is 5.26 Å². The normalized spacial score (nSPS) is 17.8. The van der Waals surface area contributed by atoms with E-state index in [0.717, 1.165) is 33.3 Å². The summed E-state index contributed by atoms with van der Waals surface area (Å²) in [7, 11) is 0. The lowest BCUT2D eigenvalue weighted by Crippen LogP contribution is -2.23. The van der Waals surface area contributed by atoms with Gasteiger partial charge in [0.2, 0.25) is 6.19 Å². The van der Waals surface area contributed by atoms with E-state index in [1.807, 2.05) is 18.5 Å². The molecular formula is C10H9IN4S. The average molecular weight is 344 g/mol. The van der Waals surface area contributed by atoms with Crippen LogP contribution in [0.5, 0.6) is 0 Å². The zero-order valence-electron chi connectivity index (χ0n) is 8.43. The summed E-state index contributed by atoms with van der Waals surface area (Å²) in [6.07, 6.45) is 3.71. The summed E-state index contributed by atoms with van der Waals surface area (Å²) in [5.74, 6) is 0.998. The summed E-state index contributed by atoms with van der Waals surface area (Å²) in [5, 5.41) is 9.38. The highest BCUT2D eigenvalue weighted by Gasteiger charge is 2.19. The number of pyridine rings is 1. The van der Waals surface area contributed by atoms with Crippen LogP contribution in [0.2, 0.25) is 0 Å². The van der Waals surface area contributed by atoms with Gasteiger partial charge in [-0.3, -0.25) is 0 Å². The highest BCUT2D eigenvalue weighted by molar-refractivity contribution is 14.1. The number of thioether (sulfide) groups is 1. The van der Waals surface area contributed by atoms with Crippen LogP contribution in [-0.4, -0.2) is 27.3 Å². The molecule has 0 atom stereocenters. The van der Waals surface area contributed by atoms with Crippen LogP contribution < -0.4 is 0 Å². The molecule has 0 spiro atoms. The number of halogens is 1. The molecule has 0 saturated carbocycles. The van der Waals surface area contributed by atoms with Gasteiger partial charge in [0.1, 0.15) is 3.70 Å². The number of rotatable bonds is 2. The molecule has 0 aliphatic carbocycles. The van der Waals surface area contributed by atoms with E-state index in [4.69, 9.17) is 5.26 Å². The van der Waals surface area contributed by atoms with Gasteiger partial charge in [-0.15, -0.1) is 4.99 Å². The van der Waals surface area contributed by atoms with Crippen molar-refractivity contribution in [3.8, 4) is 6.19 Å². The molecular weight excluding hydrogens is 335 g/mol. The predicted molar refractivity (Wildman–Crippen MR) is 72.9 cm³/mol. The van der Waals surface area contributed by atoms with Gasteiger partial charge < -0.3 is 4.90 Å². The second-order valence-corrected chi connectivity index (χ2v) is 5.42. The van der Waals surface area contributed by atoms with Crippen LogP contribution in [0.15, 0.2) is 23.3 Å². The number of aliphatic imine (C=N–C) groups is 1. The lowest BCUT2D eigenvalue weighted by molar-refractivity contribution is 0.456. The molecule has 2 heterocycles. The summed E-state index contributed by atoms with van der Waals surface area (Å²) >= 11 is 3.81. The second kappa shape index (κ2) is 5.50. The molecule has 1 fully saturated rings. The van der Waals surface area contributed by atoms with Crippen molar-refractivity contribution in [1.29, 1.82) is 5.26 Å². The van der Waals surface area contributed by atoms with Gasteiger partial charge in [0.05, 0.1) is 0 Å². The summed E-state index contributed by atoms with van der Waals surface area (Å²) in [6, 6.07) is 4.04. The Morgan fingerprint density at radius 1 is 1.62 bits per heavy atom. The lowest BCUT2D eigenvalue weighted by atomic mass is 10.3. The Morgan fingerprint density at radius 3 is 3.19 bits per heavy atom. The van der Waals surface area contributed by atoms with Crippen molar-refractivity contribution in [2.75, 3.05) is 12.3 Å². The topological polar surface area (TPSA) is 52.3 Å². The van der Waals surface area contributed by atoms with Crippen molar-refractivity contribution < 1.29 is 0 Å². The Hall–Kier alpha value is -0.810. The maximum absolute atomic E-state index is 8.56. The number of hydrogen-bond donors (Lipinski definition) is 0. The highest BCUT2D eigenvalue weighted by Crippen LogP contribution is 2.20. The summed E-state index contributed by atoms with van der Waals surface area (Å²) in [6.45, 7) is 1.72. The minimum Gasteiger partial charge on any atom is -0.345 e. The maximum Gasteiger partial charge on any atom is 0.208 e. The second-order valence-electron chi connectivity index (χ2n) is 3.25. The molecule has 1 aromatic rings. The summed E-state index contributed by atoms with van der Waals surface area (Å²) in [4.78, 5) is 10.2. The molecule has 2 rings (SSSR count). The van der Waals surface area contributed by atoms with Crippen LogP contribution in [-0.2, 0) is 6.54 Å². The zero-order valence-corrected chi connectivity index (χ0v) is 11.4. The van der Waals surface area contributed by atoms with E-state index in [2.05, 4.69) is 43.5 Å². The van der Waals surface area contributed by atoms with E-state index in [0.29, 0.717) is 0 Å². The first-order chi connectivity index (χ1) is 7.79. The van der Waals surface area contributed by atoms with E-state index in [-0.39, 0.29) is 0 Å². The van der Waals surface area contributed by atoms with E-state index < -0.39 is 0 Å². The third kappa shape index (κ3) is 2.86. The number of aromatic nitrogens is 1. The third-order valence-corrected chi connectivity index (χ3v) is 3.80. The van der Waals surface area contributed by atoms with Crippen LogP contribution in [0.1, 0.15) is 5.56 Å². The van der Waals surface area contributed by atoms with Crippen LogP contribution in [0.3, 0.4) is 0 Å². The standard InChI is InChI=1S/C10H9IN4S/c11-9-2-1-8(5-13-9)6-15-3-4-16-10(15)14-7-12/h1-2,5H,3-4,6H2/b14-10-. The molecule has 0 N–H and O–H groups in total. The highest BCUT2D eigenvalue weighted by atomic mass is 127. The van der Waals surface area contributed by atoms with Gasteiger partial charge in [0.25, 0.3) is 0 Å². The van der Waals surface area contributed by atoms with Crippen molar-refractivity contribution in [2.24, 2.45) is 4.99 Å². The molecule has 0 bridgehead atoms. The fourth-order valence-corrected chi connectivity index (χ4v) is 2.70. The quantitative estimate of drug-likeness (QED) is 0.468. The van der Waals surface area contributed by atoms with Crippen LogP contribution in [0.4, 0.5) is 0 Å². The van der Waals surface area contributed by atoms with Gasteiger partial charge in [0, 0.05) is 25.0 Å². The fourth-order valence-electron chi connectivity index (χ4n) is 1.45. The lowest BCUT2D eigenvalue weighted by Gasteiger charge is -2.16. The van der Waals surface area contributed by atoms with Crippen LogP contribution in [0.25, 0.3) is 0 Å². The van der Waals surface area contributed by atoms with Crippen molar-refractivity contribution in [3.63, 3.8) is 0 Å². The fraction of sp³-hybridized carbons (Fsp3) is 0.300. The number of amidine groups is 1. The Bertz CT molecular complexity index is 437. The first-order valence-electron chi connectivity index (χ1n) is 4.74. The van der Waals surface area contributed by atoms with Crippen LogP contribution in [0, 0.1) is 15.2 Å². The molecule has 1 saturated heterocycles. The predicted octanol–water partition coefficient (Wildman–Crippen LogP) is 2.07. The molecule has 1 aliphatic heterocycles. The first kappa shape index (κ1) is 11.7. The van der Waals surface area contributed by atoms with Gasteiger partial charge in [-0.25, -0.2) is 4.98 Å². The number of hydrogen-bond acceptors (Lipinski definition) is 4. The Morgan fingerprint density at radius 2 is 2.50 bits per heavy atom. The molecule has 4 nitrogen and oxygen atoms in total. The number of nitrogens with zero attached hydrogens (tertiary/aromatic N) is 4. The minimum absolute atomic E-state index is 0.775. The smallest absolute Gasteiger partial charge is 0.208 e. The Kier molecular flexibility index (Phi) is 4.01. The Labute approximate surface area is 112 Å². The van der Waals surface area contributed by atoms with Gasteiger partial charge >= 0.3 is 0 Å². The average Bonchev–Trinajstić information content (AvgIpc) is 2.70. The largest absolute Gasteiger partial charge is 0.345 e. The van der Waals surface area contributed by atoms with Gasteiger partial charge in [-0.05, 0) is 34.2 Å². The monoisotopic (exact) mass is 344 g/mol. The summed E-state index contributed by atoms with van der Waals surface area (Å²) in [5.41, 5.74) is 1.15. The van der Waals surface area contributed by atoms with E-state index in [9.17, 15) is 0 Å². The molecule has 82 valence electrons. The van der Waals surface area contributed by atoms with E-state index in [1.165, 1.54) is 0 Å². The molecule has 1 aromatic heterocycles. The van der Waals surface area contributed by atoms with Gasteiger partial charge in [0.15, 0.2) is 5.17 Å². The summed E-state index contributed by atoms with van der Waals surface area (Å²) < 4.78 is 0.989. The van der Waals surface area contributed by atoms with Gasteiger partial charge in [-0.1, -0.05) is 17.8 Å². The van der Waals surface area contributed by atoms with Crippen LogP contribution >= 0.6 is 34.4 Å². The van der Waals surface area contributed by atoms with E-state index >= 15 is 0 Å². The van der Waals surface area contributed by atoms with Crippen molar-refractivity contribution in [1.82, 2.24) is 9.88 Å². The SMILES string of the molecule is N#C/N=C1\SCCN1Cc1ccc(I)nc1. The van der Waals surface area contributed by atoms with Crippen molar-refractivity contribution in [3.05, 3.63) is 27.6 Å². The molecule has 0 amide bonds. The molecule has 1 aliphatic rings. The molecule has 0 radical (unpaired) electrons. The minimum atomic E-state index is 0.775. The third-order valence-electron chi connectivity index (χ3n) is 2.17.